The van der Waals surface area contributed by atoms with Crippen molar-refractivity contribution in [3.63, 3.8) is 0 Å². The van der Waals surface area contributed by atoms with Crippen molar-refractivity contribution in [3.05, 3.63) is 82.0 Å². The Kier molecular flexibility index (Phi) is 4.18. The number of carbonyl (C=O) groups excluding carboxylic acids is 1. The molecule has 1 atom stereocenters. The lowest BCUT2D eigenvalue weighted by Crippen LogP contribution is -2.37. The number of fused-ring (bicyclic) bond motifs is 1. The standard InChI is InChI=1S/C21H22N4O2/c1-21(2)10-17(24-20(27)14-8-9-19(26)22-12-14)16-13-23-25(18(16)11-21)15-6-4-3-5-7-15/h3-9,12-13,17H,10-11H2,1-2H3,(H,22,26)(H,24,27). The van der Waals surface area contributed by atoms with Crippen LogP contribution in [0.3, 0.4) is 0 Å². The third-order valence-electron chi connectivity index (χ3n) is 5.03. The molecule has 0 bridgehead atoms. The number of rotatable bonds is 3. The molecule has 0 fully saturated rings. The molecule has 27 heavy (non-hydrogen) atoms. The molecular weight excluding hydrogens is 340 g/mol. The number of aromatic amines is 1. The summed E-state index contributed by atoms with van der Waals surface area (Å²) >= 11 is 0. The number of hydrogen-bond acceptors (Lipinski definition) is 3. The Balaban J connectivity index is 1.67. The van der Waals surface area contributed by atoms with Crippen LogP contribution in [-0.4, -0.2) is 20.7 Å². The molecular formula is C21H22N4O2. The van der Waals surface area contributed by atoms with E-state index in [4.69, 9.17) is 0 Å². The summed E-state index contributed by atoms with van der Waals surface area (Å²) in [6.07, 6.45) is 5.02. The summed E-state index contributed by atoms with van der Waals surface area (Å²) in [4.78, 5) is 26.4. The van der Waals surface area contributed by atoms with Gasteiger partial charge in [0.2, 0.25) is 5.56 Å². The van der Waals surface area contributed by atoms with Gasteiger partial charge in [-0.3, -0.25) is 9.59 Å². The Morgan fingerprint density at radius 2 is 2.00 bits per heavy atom. The summed E-state index contributed by atoms with van der Waals surface area (Å²) in [7, 11) is 0. The van der Waals surface area contributed by atoms with Crippen LogP contribution in [-0.2, 0) is 6.42 Å². The molecule has 1 aliphatic carbocycles. The number of aromatic nitrogens is 3. The average Bonchev–Trinajstić information content (AvgIpc) is 3.05. The van der Waals surface area contributed by atoms with Crippen LogP contribution in [0, 0.1) is 5.41 Å². The Morgan fingerprint density at radius 3 is 2.70 bits per heavy atom. The normalized spacial score (nSPS) is 17.9. The van der Waals surface area contributed by atoms with Gasteiger partial charge in [-0.2, -0.15) is 5.10 Å². The first-order chi connectivity index (χ1) is 12.9. The number of H-pyrrole nitrogens is 1. The highest BCUT2D eigenvalue weighted by molar-refractivity contribution is 5.94. The van der Waals surface area contributed by atoms with Crippen molar-refractivity contribution in [3.8, 4) is 5.69 Å². The zero-order chi connectivity index (χ0) is 19.0. The van der Waals surface area contributed by atoms with Gasteiger partial charge in [-0.05, 0) is 36.5 Å². The molecule has 2 heterocycles. The molecule has 0 aliphatic heterocycles. The van der Waals surface area contributed by atoms with Crippen molar-refractivity contribution in [2.24, 2.45) is 5.41 Å². The maximum atomic E-state index is 12.7. The largest absolute Gasteiger partial charge is 0.345 e. The van der Waals surface area contributed by atoms with Gasteiger partial charge in [0.25, 0.3) is 5.91 Å². The van der Waals surface area contributed by atoms with E-state index in [9.17, 15) is 9.59 Å². The molecule has 0 radical (unpaired) electrons. The third-order valence-corrected chi connectivity index (χ3v) is 5.03. The lowest BCUT2D eigenvalue weighted by Gasteiger charge is -2.36. The minimum absolute atomic E-state index is 0.0303. The highest BCUT2D eigenvalue weighted by Crippen LogP contribution is 2.41. The second-order valence-corrected chi connectivity index (χ2v) is 7.81. The monoisotopic (exact) mass is 362 g/mol. The van der Waals surface area contributed by atoms with Crippen molar-refractivity contribution in [2.75, 3.05) is 0 Å². The summed E-state index contributed by atoms with van der Waals surface area (Å²) in [6, 6.07) is 12.8. The highest BCUT2D eigenvalue weighted by Gasteiger charge is 2.36. The summed E-state index contributed by atoms with van der Waals surface area (Å²) < 4.78 is 1.97. The summed E-state index contributed by atoms with van der Waals surface area (Å²) in [5, 5.41) is 7.71. The fourth-order valence-electron chi connectivity index (χ4n) is 3.76. The number of hydrogen-bond donors (Lipinski definition) is 2. The van der Waals surface area contributed by atoms with Crippen LogP contribution in [0.5, 0.6) is 0 Å². The second kappa shape index (κ2) is 6.54. The van der Waals surface area contributed by atoms with Crippen LogP contribution >= 0.6 is 0 Å². The van der Waals surface area contributed by atoms with Crippen molar-refractivity contribution < 1.29 is 4.79 Å². The van der Waals surface area contributed by atoms with Gasteiger partial charge in [0, 0.05) is 17.8 Å². The van der Waals surface area contributed by atoms with E-state index in [0.717, 1.165) is 29.8 Å². The Bertz CT molecular complexity index is 1010. The van der Waals surface area contributed by atoms with Gasteiger partial charge < -0.3 is 10.3 Å². The van der Waals surface area contributed by atoms with Crippen molar-refractivity contribution in [1.29, 1.82) is 0 Å². The Hall–Kier alpha value is -3.15. The van der Waals surface area contributed by atoms with E-state index < -0.39 is 0 Å². The van der Waals surface area contributed by atoms with E-state index >= 15 is 0 Å². The molecule has 0 saturated heterocycles. The predicted octanol–water partition coefficient (Wildman–Crippen LogP) is 3.00. The molecule has 1 aromatic carbocycles. The molecule has 0 spiro atoms. The smallest absolute Gasteiger partial charge is 0.253 e. The third kappa shape index (κ3) is 3.43. The first-order valence-corrected chi connectivity index (χ1v) is 9.05. The van der Waals surface area contributed by atoms with E-state index in [1.54, 1.807) is 0 Å². The van der Waals surface area contributed by atoms with Crippen LogP contribution < -0.4 is 10.9 Å². The maximum Gasteiger partial charge on any atom is 0.253 e. The van der Waals surface area contributed by atoms with Crippen molar-refractivity contribution in [2.45, 2.75) is 32.7 Å². The van der Waals surface area contributed by atoms with Crippen molar-refractivity contribution in [1.82, 2.24) is 20.1 Å². The van der Waals surface area contributed by atoms with Gasteiger partial charge in [-0.25, -0.2) is 4.68 Å². The first kappa shape index (κ1) is 17.3. The predicted molar refractivity (Wildman–Crippen MR) is 103 cm³/mol. The Labute approximate surface area is 157 Å². The van der Waals surface area contributed by atoms with E-state index in [1.807, 2.05) is 41.2 Å². The van der Waals surface area contributed by atoms with Crippen LogP contribution in [0.4, 0.5) is 0 Å². The molecule has 3 aromatic rings. The zero-order valence-corrected chi connectivity index (χ0v) is 15.4. The first-order valence-electron chi connectivity index (χ1n) is 9.05. The van der Waals surface area contributed by atoms with Crippen LogP contribution in [0.2, 0.25) is 0 Å². The van der Waals surface area contributed by atoms with E-state index in [2.05, 4.69) is 29.2 Å². The summed E-state index contributed by atoms with van der Waals surface area (Å²) in [5.74, 6) is -0.202. The Morgan fingerprint density at radius 1 is 1.22 bits per heavy atom. The molecule has 6 heteroatoms. The number of nitrogens with one attached hydrogen (secondary N) is 2. The quantitative estimate of drug-likeness (QED) is 0.752. The zero-order valence-electron chi connectivity index (χ0n) is 15.4. The SMILES string of the molecule is CC1(C)Cc2c(cnn2-c2ccccc2)C(NC(=O)c2ccc(=O)[nH]c2)C1. The number of nitrogens with zero attached hydrogens (tertiary/aromatic N) is 2. The maximum absolute atomic E-state index is 12.7. The van der Waals surface area contributed by atoms with Crippen LogP contribution in [0.15, 0.2) is 59.7 Å². The highest BCUT2D eigenvalue weighted by atomic mass is 16.2. The number of carbonyl (C=O) groups is 1. The van der Waals surface area contributed by atoms with E-state index in [-0.39, 0.29) is 22.9 Å². The van der Waals surface area contributed by atoms with Crippen LogP contribution in [0.1, 0.15) is 47.9 Å². The van der Waals surface area contributed by atoms with Gasteiger partial charge in [0.15, 0.2) is 0 Å². The molecule has 2 N–H and O–H groups in total. The number of benzene rings is 1. The fourth-order valence-corrected chi connectivity index (χ4v) is 3.76. The van der Waals surface area contributed by atoms with Gasteiger partial charge in [0.05, 0.1) is 29.2 Å². The van der Waals surface area contributed by atoms with Gasteiger partial charge in [-0.1, -0.05) is 32.0 Å². The van der Waals surface area contributed by atoms with Crippen LogP contribution in [0.25, 0.3) is 5.69 Å². The van der Waals surface area contributed by atoms with Crippen molar-refractivity contribution >= 4 is 5.91 Å². The molecule has 1 unspecified atom stereocenters. The number of pyridine rings is 1. The molecule has 1 aliphatic rings. The number of amides is 1. The fraction of sp³-hybridized carbons (Fsp3) is 0.286. The summed E-state index contributed by atoms with van der Waals surface area (Å²) in [5.41, 5.74) is 3.44. The minimum Gasteiger partial charge on any atom is -0.345 e. The topological polar surface area (TPSA) is 79.8 Å². The molecule has 2 aromatic heterocycles. The van der Waals surface area contributed by atoms with Gasteiger partial charge in [0.1, 0.15) is 0 Å². The molecule has 138 valence electrons. The van der Waals surface area contributed by atoms with Gasteiger partial charge in [-0.15, -0.1) is 0 Å². The lowest BCUT2D eigenvalue weighted by molar-refractivity contribution is 0.0919. The average molecular weight is 362 g/mol. The number of para-hydroxylation sites is 1. The van der Waals surface area contributed by atoms with E-state index in [1.165, 1.54) is 18.3 Å². The second-order valence-electron chi connectivity index (χ2n) is 7.81. The molecule has 4 rings (SSSR count). The molecule has 0 saturated carbocycles. The van der Waals surface area contributed by atoms with E-state index in [0.29, 0.717) is 5.56 Å². The lowest BCUT2D eigenvalue weighted by atomic mass is 9.74. The van der Waals surface area contributed by atoms with Gasteiger partial charge >= 0.3 is 0 Å². The minimum atomic E-state index is -0.225. The summed E-state index contributed by atoms with van der Waals surface area (Å²) in [6.45, 7) is 4.41. The molecule has 1 amide bonds. The molecule has 6 nitrogen and oxygen atoms in total.